The fourth-order valence-corrected chi connectivity index (χ4v) is 4.44. The summed E-state index contributed by atoms with van der Waals surface area (Å²) in [5, 5.41) is 7.19. The average Bonchev–Trinajstić information content (AvgIpc) is 3.44. The van der Waals surface area contributed by atoms with E-state index in [2.05, 4.69) is 46.2 Å². The molecule has 0 atom stereocenters. The van der Waals surface area contributed by atoms with E-state index in [1.54, 1.807) is 12.1 Å². The van der Waals surface area contributed by atoms with Gasteiger partial charge in [-0.1, -0.05) is 43.3 Å². The van der Waals surface area contributed by atoms with Crippen LogP contribution in [0.5, 0.6) is 5.75 Å². The minimum absolute atomic E-state index is 0.0370. The van der Waals surface area contributed by atoms with E-state index in [1.165, 1.54) is 18.7 Å². The Morgan fingerprint density at radius 3 is 2.55 bits per heavy atom. The minimum Gasteiger partial charge on any atom is -0.495 e. The van der Waals surface area contributed by atoms with Crippen molar-refractivity contribution in [2.24, 2.45) is 0 Å². The largest absolute Gasteiger partial charge is 0.495 e. The van der Waals surface area contributed by atoms with Gasteiger partial charge in [-0.2, -0.15) is 4.98 Å². The Balaban J connectivity index is 1.48. The van der Waals surface area contributed by atoms with Crippen LogP contribution in [0.4, 0.5) is 5.69 Å². The van der Waals surface area contributed by atoms with Gasteiger partial charge in [0.25, 0.3) is 0 Å². The van der Waals surface area contributed by atoms with Gasteiger partial charge in [0.15, 0.2) is 0 Å². The summed E-state index contributed by atoms with van der Waals surface area (Å²) in [5.41, 5.74) is 2.64. The van der Waals surface area contributed by atoms with Crippen molar-refractivity contribution in [2.75, 3.05) is 12.4 Å². The maximum absolute atomic E-state index is 12.5. The summed E-state index contributed by atoms with van der Waals surface area (Å²) in [5.74, 6) is 1.86. The van der Waals surface area contributed by atoms with E-state index in [0.29, 0.717) is 29.1 Å². The second-order valence-electron chi connectivity index (χ2n) is 7.90. The third-order valence-electron chi connectivity index (χ3n) is 5.11. The molecule has 1 aliphatic rings. The number of rotatable bonds is 9. The molecule has 1 fully saturated rings. The van der Waals surface area contributed by atoms with Crippen LogP contribution in [0.3, 0.4) is 0 Å². The second-order valence-corrected chi connectivity index (χ2v) is 9.61. The third kappa shape index (κ3) is 5.05. The molecule has 2 N–H and O–H groups in total. The fourth-order valence-electron chi connectivity index (χ4n) is 3.11. The van der Waals surface area contributed by atoms with Crippen molar-refractivity contribution in [1.29, 1.82) is 0 Å². The van der Waals surface area contributed by atoms with E-state index in [9.17, 15) is 8.42 Å². The van der Waals surface area contributed by atoms with Crippen LogP contribution in [-0.4, -0.2) is 31.7 Å². The van der Waals surface area contributed by atoms with E-state index in [0.717, 1.165) is 18.4 Å². The number of methoxy groups -OCH3 is 1. The number of nitrogens with one attached hydrogen (secondary N) is 2. The van der Waals surface area contributed by atoms with E-state index >= 15 is 0 Å². The maximum atomic E-state index is 12.5. The first kappa shape index (κ1) is 21.3. The zero-order chi connectivity index (χ0) is 22.0. The topological polar surface area (TPSA) is 106 Å². The molecule has 8 nitrogen and oxygen atoms in total. The van der Waals surface area contributed by atoms with Crippen LogP contribution in [0.15, 0.2) is 51.9 Å². The normalized spacial score (nSPS) is 14.1. The predicted octanol–water partition coefficient (Wildman–Crippen LogP) is 3.92. The quantitative estimate of drug-likeness (QED) is 0.517. The molecule has 2 aromatic carbocycles. The molecule has 31 heavy (non-hydrogen) atoms. The monoisotopic (exact) mass is 442 g/mol. The molecule has 9 heteroatoms. The van der Waals surface area contributed by atoms with Crippen LogP contribution in [-0.2, 0) is 16.6 Å². The van der Waals surface area contributed by atoms with Gasteiger partial charge in [0.2, 0.25) is 21.7 Å². The Kier molecular flexibility index (Phi) is 5.97. The molecule has 0 saturated heterocycles. The summed E-state index contributed by atoms with van der Waals surface area (Å²) in [6.07, 6.45) is 1.75. The highest BCUT2D eigenvalue weighted by atomic mass is 32.2. The molecule has 164 valence electrons. The molecule has 1 aromatic heterocycles. The molecule has 4 rings (SSSR count). The van der Waals surface area contributed by atoms with E-state index in [1.807, 2.05) is 12.1 Å². The van der Waals surface area contributed by atoms with Gasteiger partial charge in [-0.05, 0) is 42.5 Å². The van der Waals surface area contributed by atoms with Gasteiger partial charge in [0, 0.05) is 11.6 Å². The Bertz CT molecular complexity index is 1150. The summed E-state index contributed by atoms with van der Waals surface area (Å²) in [6.45, 7) is 4.51. The Morgan fingerprint density at radius 1 is 1.16 bits per heavy atom. The molecule has 1 saturated carbocycles. The van der Waals surface area contributed by atoms with Crippen LogP contribution >= 0.6 is 0 Å². The first-order chi connectivity index (χ1) is 14.9. The van der Waals surface area contributed by atoms with Gasteiger partial charge in [0.1, 0.15) is 5.75 Å². The van der Waals surface area contributed by atoms with E-state index in [4.69, 9.17) is 9.26 Å². The lowest BCUT2D eigenvalue weighted by molar-refractivity contribution is 0.383. The molecular formula is C22H26N4O4S. The predicted molar refractivity (Wildman–Crippen MR) is 117 cm³/mol. The highest BCUT2D eigenvalue weighted by Crippen LogP contribution is 2.29. The van der Waals surface area contributed by atoms with Gasteiger partial charge >= 0.3 is 0 Å². The van der Waals surface area contributed by atoms with Crippen LogP contribution in [0.1, 0.15) is 44.1 Å². The summed E-state index contributed by atoms with van der Waals surface area (Å²) in [4.78, 5) is 4.61. The Morgan fingerprint density at radius 2 is 1.90 bits per heavy atom. The summed E-state index contributed by atoms with van der Waals surface area (Å²) >= 11 is 0. The highest BCUT2D eigenvalue weighted by molar-refractivity contribution is 7.89. The molecule has 3 aromatic rings. The highest BCUT2D eigenvalue weighted by Gasteiger charge is 2.28. The number of ether oxygens (including phenoxy) is 1. The first-order valence-corrected chi connectivity index (χ1v) is 11.7. The van der Waals surface area contributed by atoms with Crippen molar-refractivity contribution < 1.29 is 17.7 Å². The summed E-state index contributed by atoms with van der Waals surface area (Å²) < 4.78 is 38.4. The maximum Gasteiger partial charge on any atom is 0.246 e. The summed E-state index contributed by atoms with van der Waals surface area (Å²) in [6, 6.07) is 12.8. The molecule has 0 bridgehead atoms. The molecular weight excluding hydrogens is 416 g/mol. The fraction of sp³-hybridized carbons (Fsp3) is 0.364. The molecule has 1 aliphatic carbocycles. The third-order valence-corrected chi connectivity index (χ3v) is 6.63. The van der Waals surface area contributed by atoms with Gasteiger partial charge < -0.3 is 14.6 Å². The van der Waals surface area contributed by atoms with Gasteiger partial charge in [0.05, 0.1) is 24.2 Å². The van der Waals surface area contributed by atoms with Crippen molar-refractivity contribution in [3.05, 3.63) is 53.9 Å². The average molecular weight is 443 g/mol. The lowest BCUT2D eigenvalue weighted by atomic mass is 10.0. The number of hydrogen-bond donors (Lipinski definition) is 2. The van der Waals surface area contributed by atoms with Crippen LogP contribution in [0.2, 0.25) is 0 Å². The van der Waals surface area contributed by atoms with E-state index in [-0.39, 0.29) is 17.5 Å². The summed E-state index contributed by atoms with van der Waals surface area (Å²) in [7, 11) is -2.04. The number of sulfonamides is 1. The number of anilines is 1. The minimum atomic E-state index is -3.57. The molecule has 0 unspecified atom stereocenters. The van der Waals surface area contributed by atoms with Crippen molar-refractivity contribution in [3.8, 4) is 17.1 Å². The number of aromatic nitrogens is 2. The SMILES string of the molecule is COc1ccc(S(=O)(=O)NC2CC2)cc1NCc1nc(-c2ccc(C(C)C)cc2)no1. The van der Waals surface area contributed by atoms with Gasteiger partial charge in [-0.3, -0.25) is 0 Å². The number of benzene rings is 2. The van der Waals surface area contributed by atoms with Crippen molar-refractivity contribution in [2.45, 2.75) is 50.1 Å². The zero-order valence-corrected chi connectivity index (χ0v) is 18.6. The van der Waals surface area contributed by atoms with Crippen molar-refractivity contribution in [3.63, 3.8) is 0 Å². The lowest BCUT2D eigenvalue weighted by Gasteiger charge is -2.12. The second kappa shape index (κ2) is 8.68. The molecule has 0 amide bonds. The standard InChI is InChI=1S/C22H26N4O4S/c1-14(2)15-4-6-16(7-5-15)22-24-21(30-25-22)13-23-19-12-18(10-11-20(19)29-3)31(27,28)26-17-8-9-17/h4-7,10-12,14,17,23,26H,8-9,13H2,1-3H3. The van der Waals surface area contributed by atoms with Crippen LogP contribution in [0.25, 0.3) is 11.4 Å². The smallest absolute Gasteiger partial charge is 0.246 e. The van der Waals surface area contributed by atoms with Crippen molar-refractivity contribution in [1.82, 2.24) is 14.9 Å². The van der Waals surface area contributed by atoms with E-state index < -0.39 is 10.0 Å². The molecule has 0 aliphatic heterocycles. The molecule has 0 radical (unpaired) electrons. The number of nitrogens with zero attached hydrogens (tertiary/aromatic N) is 2. The zero-order valence-electron chi connectivity index (χ0n) is 17.8. The molecule has 1 heterocycles. The van der Waals surface area contributed by atoms with Gasteiger partial charge in [-0.25, -0.2) is 13.1 Å². The first-order valence-electron chi connectivity index (χ1n) is 10.2. The van der Waals surface area contributed by atoms with Crippen LogP contribution in [0, 0.1) is 0 Å². The van der Waals surface area contributed by atoms with Crippen LogP contribution < -0.4 is 14.8 Å². The number of hydrogen-bond acceptors (Lipinski definition) is 7. The lowest BCUT2D eigenvalue weighted by Crippen LogP contribution is -2.25. The molecule has 0 spiro atoms. The van der Waals surface area contributed by atoms with Crippen molar-refractivity contribution >= 4 is 15.7 Å². The Hall–Kier alpha value is -2.91. The Labute approximate surface area is 182 Å². The van der Waals surface area contributed by atoms with Gasteiger partial charge in [-0.15, -0.1) is 0 Å².